The highest BCUT2D eigenvalue weighted by Crippen LogP contribution is 2.30. The van der Waals surface area contributed by atoms with Crippen molar-refractivity contribution in [3.05, 3.63) is 89.1 Å². The zero-order chi connectivity index (χ0) is 27.4. The smallest absolute Gasteiger partial charge is 0.356 e. The lowest BCUT2D eigenvalue weighted by molar-refractivity contribution is -0.149. The average molecular weight is 516 g/mol. The molecule has 2 heterocycles. The van der Waals surface area contributed by atoms with Gasteiger partial charge in [0.15, 0.2) is 5.69 Å². The number of benzene rings is 2. The van der Waals surface area contributed by atoms with Crippen LogP contribution in [0.4, 0.5) is 0 Å². The Kier molecular flexibility index (Phi) is 8.07. The predicted molar refractivity (Wildman–Crippen MR) is 144 cm³/mol. The van der Waals surface area contributed by atoms with E-state index in [-0.39, 0.29) is 30.3 Å². The van der Waals surface area contributed by atoms with E-state index in [4.69, 9.17) is 5.73 Å². The largest absolute Gasteiger partial charge is 0.476 e. The number of imide groups is 1. The van der Waals surface area contributed by atoms with Crippen LogP contribution < -0.4 is 5.73 Å². The van der Waals surface area contributed by atoms with Crippen molar-refractivity contribution in [1.29, 1.82) is 0 Å². The molecule has 0 saturated heterocycles. The van der Waals surface area contributed by atoms with Crippen molar-refractivity contribution in [3.63, 3.8) is 0 Å². The van der Waals surface area contributed by atoms with Gasteiger partial charge in [-0.25, -0.2) is 9.78 Å². The lowest BCUT2D eigenvalue weighted by Gasteiger charge is -2.31. The predicted octanol–water partition coefficient (Wildman–Crippen LogP) is 4.15. The Hall–Kier alpha value is -4.24. The lowest BCUT2D eigenvalue weighted by Crippen LogP contribution is -2.50. The number of H-pyrrole nitrogens is 2. The van der Waals surface area contributed by atoms with Crippen molar-refractivity contribution in [1.82, 2.24) is 19.9 Å². The van der Waals surface area contributed by atoms with Gasteiger partial charge in [0.05, 0.1) is 12.5 Å². The maximum Gasteiger partial charge on any atom is 0.356 e. The molecule has 0 aliphatic carbocycles. The van der Waals surface area contributed by atoms with E-state index >= 15 is 0 Å². The Labute approximate surface area is 221 Å². The number of carboxylic acid groups (broad SMARTS) is 1. The van der Waals surface area contributed by atoms with Crippen molar-refractivity contribution >= 4 is 28.7 Å². The summed E-state index contributed by atoms with van der Waals surface area (Å²) in [5, 5.41) is 10.6. The van der Waals surface area contributed by atoms with Crippen molar-refractivity contribution in [2.24, 2.45) is 11.7 Å². The van der Waals surface area contributed by atoms with Gasteiger partial charge in [0, 0.05) is 29.2 Å². The number of nitrogens with one attached hydrogen (secondary N) is 2. The van der Waals surface area contributed by atoms with Crippen LogP contribution in [-0.2, 0) is 22.4 Å². The number of para-hydroxylation sites is 1. The minimum Gasteiger partial charge on any atom is -0.476 e. The number of nitrogens with zero attached hydrogens (tertiary/aromatic N) is 2. The van der Waals surface area contributed by atoms with Gasteiger partial charge in [-0.1, -0.05) is 62.4 Å². The third kappa shape index (κ3) is 5.84. The maximum atomic E-state index is 13.9. The van der Waals surface area contributed by atoms with E-state index in [2.05, 4.69) is 15.0 Å². The molecule has 0 fully saturated rings. The van der Waals surface area contributed by atoms with Gasteiger partial charge in [-0.3, -0.25) is 14.5 Å². The van der Waals surface area contributed by atoms with E-state index in [9.17, 15) is 19.5 Å². The van der Waals surface area contributed by atoms with E-state index in [1.807, 2.05) is 74.6 Å². The Balaban J connectivity index is 1.83. The molecule has 5 N–H and O–H groups in total. The molecule has 9 nitrogen and oxygen atoms in total. The normalized spacial score (nSPS) is 13.0. The molecule has 38 heavy (non-hydrogen) atoms. The van der Waals surface area contributed by atoms with Crippen LogP contribution >= 0.6 is 0 Å². The summed E-state index contributed by atoms with van der Waals surface area (Å²) in [7, 11) is 0. The molecule has 4 rings (SSSR count). The fraction of sp³-hybridized carbons (Fsp3) is 0.310. The van der Waals surface area contributed by atoms with Gasteiger partial charge in [-0.2, -0.15) is 0 Å². The first kappa shape index (κ1) is 26.8. The van der Waals surface area contributed by atoms with Crippen LogP contribution in [0.1, 0.15) is 59.4 Å². The molecule has 2 aromatic heterocycles. The number of nitrogens with two attached hydrogens (primary N) is 1. The highest BCUT2D eigenvalue weighted by atomic mass is 16.4. The fourth-order valence-corrected chi connectivity index (χ4v) is 4.76. The Morgan fingerprint density at radius 1 is 1.05 bits per heavy atom. The lowest BCUT2D eigenvalue weighted by atomic mass is 9.98. The van der Waals surface area contributed by atoms with Gasteiger partial charge in [0.1, 0.15) is 11.9 Å². The topological polar surface area (TPSA) is 145 Å². The van der Waals surface area contributed by atoms with Crippen LogP contribution in [0.25, 0.3) is 10.9 Å². The molecule has 9 heteroatoms. The second kappa shape index (κ2) is 11.4. The monoisotopic (exact) mass is 515 g/mol. The second-order valence-corrected chi connectivity index (χ2v) is 9.98. The van der Waals surface area contributed by atoms with Crippen molar-refractivity contribution in [3.8, 4) is 0 Å². The zero-order valence-electron chi connectivity index (χ0n) is 21.8. The molecule has 2 atom stereocenters. The second-order valence-electron chi connectivity index (χ2n) is 9.98. The molecule has 0 bridgehead atoms. The van der Waals surface area contributed by atoms with Gasteiger partial charge in [-0.15, -0.1) is 0 Å². The molecule has 0 radical (unpaired) electrons. The first-order valence-corrected chi connectivity index (χ1v) is 12.7. The summed E-state index contributed by atoms with van der Waals surface area (Å²) < 4.78 is 0. The number of hydrogen-bond donors (Lipinski definition) is 4. The fourth-order valence-electron chi connectivity index (χ4n) is 4.76. The molecule has 0 aliphatic heterocycles. The first-order valence-electron chi connectivity index (χ1n) is 12.7. The molecular weight excluding hydrogens is 482 g/mol. The minimum absolute atomic E-state index is 0.0170. The third-order valence-electron chi connectivity index (χ3n) is 6.57. The molecule has 2 amide bonds. The highest BCUT2D eigenvalue weighted by Gasteiger charge is 2.37. The number of aromatic nitrogens is 3. The molecule has 2 aromatic carbocycles. The SMILES string of the molecule is Cc1[nH]c([C@@H](Cc2c[nH]c3ccccc23)N(C(=O)Cc2ccccc2)C(=O)[C@@H](N)CC(C)C)nc1C(=O)O. The Morgan fingerprint density at radius 3 is 2.39 bits per heavy atom. The van der Waals surface area contributed by atoms with Crippen LogP contribution in [-0.4, -0.2) is 48.8 Å². The number of rotatable bonds is 10. The van der Waals surface area contributed by atoms with Gasteiger partial charge in [0.2, 0.25) is 11.8 Å². The van der Waals surface area contributed by atoms with Crippen LogP contribution in [0.5, 0.6) is 0 Å². The number of amides is 2. The van der Waals surface area contributed by atoms with E-state index in [1.54, 1.807) is 6.92 Å². The third-order valence-corrected chi connectivity index (χ3v) is 6.57. The van der Waals surface area contributed by atoms with Gasteiger partial charge < -0.3 is 20.8 Å². The maximum absolute atomic E-state index is 13.9. The van der Waals surface area contributed by atoms with Crippen molar-refractivity contribution in [2.75, 3.05) is 0 Å². The Morgan fingerprint density at radius 2 is 1.74 bits per heavy atom. The van der Waals surface area contributed by atoms with E-state index in [0.717, 1.165) is 22.0 Å². The quantitative estimate of drug-likeness (QED) is 0.250. The number of aromatic carboxylic acids is 1. The van der Waals surface area contributed by atoms with Crippen LogP contribution in [0, 0.1) is 12.8 Å². The van der Waals surface area contributed by atoms with Crippen LogP contribution in [0.3, 0.4) is 0 Å². The van der Waals surface area contributed by atoms with Crippen molar-refractivity contribution < 1.29 is 19.5 Å². The molecule has 0 aliphatic rings. The molecule has 0 unspecified atom stereocenters. The van der Waals surface area contributed by atoms with E-state index in [0.29, 0.717) is 12.1 Å². The summed E-state index contributed by atoms with van der Waals surface area (Å²) in [5.41, 5.74) is 9.04. The first-order chi connectivity index (χ1) is 18.2. The summed E-state index contributed by atoms with van der Waals surface area (Å²) >= 11 is 0. The molecule has 198 valence electrons. The number of hydrogen-bond acceptors (Lipinski definition) is 5. The van der Waals surface area contributed by atoms with Crippen molar-refractivity contribution in [2.45, 2.75) is 52.1 Å². The summed E-state index contributed by atoms with van der Waals surface area (Å²) in [6.07, 6.45) is 2.43. The van der Waals surface area contributed by atoms with E-state index < -0.39 is 29.9 Å². The van der Waals surface area contributed by atoms with Gasteiger partial charge in [-0.05, 0) is 36.5 Å². The van der Waals surface area contributed by atoms with Crippen LogP contribution in [0.15, 0.2) is 60.8 Å². The number of aromatic amines is 2. The van der Waals surface area contributed by atoms with E-state index in [1.165, 1.54) is 4.90 Å². The standard InChI is InChI=1S/C29H33N5O4/c1-17(2)13-22(30)28(36)34(25(35)14-19-9-5-4-6-10-19)24(27-32-18(3)26(33-27)29(37)38)15-20-16-31-23-12-8-7-11-21(20)23/h4-12,16-17,22,24,31H,13-15,30H2,1-3H3,(H,32,33)(H,37,38)/t22-,24+/m0/s1. The van der Waals surface area contributed by atoms with Gasteiger partial charge in [0.25, 0.3) is 0 Å². The Bertz CT molecular complexity index is 1440. The molecule has 0 spiro atoms. The van der Waals surface area contributed by atoms with Crippen LogP contribution in [0.2, 0.25) is 0 Å². The number of carboxylic acids is 1. The minimum atomic E-state index is -1.19. The molecule has 0 saturated carbocycles. The zero-order valence-corrected chi connectivity index (χ0v) is 21.8. The summed E-state index contributed by atoms with van der Waals surface area (Å²) in [6, 6.07) is 15.1. The number of carbonyl (C=O) groups excluding carboxylic acids is 2. The van der Waals surface area contributed by atoms with Gasteiger partial charge >= 0.3 is 5.97 Å². The summed E-state index contributed by atoms with van der Waals surface area (Å²) in [4.78, 5) is 51.3. The molecular formula is C29H33N5O4. The number of aryl methyl sites for hydroxylation is 1. The summed E-state index contributed by atoms with van der Waals surface area (Å²) in [5.74, 6) is -1.79. The number of fused-ring (bicyclic) bond motifs is 1. The number of imidazole rings is 1. The number of carbonyl (C=O) groups is 3. The highest BCUT2D eigenvalue weighted by molar-refractivity contribution is 5.99. The summed E-state index contributed by atoms with van der Waals surface area (Å²) in [6.45, 7) is 5.52. The molecule has 4 aromatic rings. The average Bonchev–Trinajstić information content (AvgIpc) is 3.47.